The first-order chi connectivity index (χ1) is 7.37. The molecule has 0 radical (unpaired) electrons. The van der Waals surface area contributed by atoms with Crippen LogP contribution in [0, 0.1) is 5.92 Å². The maximum absolute atomic E-state index is 8.56. The molecule has 0 unspecified atom stereocenters. The molecule has 2 aliphatic rings. The summed E-state index contributed by atoms with van der Waals surface area (Å²) in [5.41, 5.74) is 0.211. The summed E-state index contributed by atoms with van der Waals surface area (Å²) in [5.74, 6) is 0.831. The van der Waals surface area contributed by atoms with E-state index in [0.29, 0.717) is 19.8 Å². The minimum absolute atomic E-state index is 0.105. The van der Waals surface area contributed by atoms with Crippen molar-refractivity contribution in [1.29, 1.82) is 0 Å². The Morgan fingerprint density at radius 3 is 2.40 bits per heavy atom. The van der Waals surface area contributed by atoms with Gasteiger partial charge in [0.25, 0.3) is 0 Å². The molecule has 0 aromatic heterocycles. The van der Waals surface area contributed by atoms with Crippen LogP contribution >= 0.6 is 0 Å². The fraction of sp³-hybridized carbons (Fsp3) is 1.00. The molecule has 0 spiro atoms. The van der Waals surface area contributed by atoms with Gasteiger partial charge in [-0.05, 0) is 31.6 Å². The molecule has 2 fully saturated rings. The SMILES string of the molecule is OCCOCCOC1(C2CC2)CCCC1. The van der Waals surface area contributed by atoms with E-state index in [4.69, 9.17) is 14.6 Å². The first kappa shape index (κ1) is 11.4. The number of aliphatic hydroxyl groups excluding tert-OH is 1. The molecule has 0 bridgehead atoms. The van der Waals surface area contributed by atoms with Gasteiger partial charge in [0, 0.05) is 0 Å². The van der Waals surface area contributed by atoms with Crippen LogP contribution in [0.2, 0.25) is 0 Å². The second-order valence-corrected chi connectivity index (χ2v) is 4.73. The fourth-order valence-corrected chi connectivity index (χ4v) is 2.72. The summed E-state index contributed by atoms with van der Waals surface area (Å²) < 4.78 is 11.3. The van der Waals surface area contributed by atoms with E-state index in [1.54, 1.807) is 0 Å². The zero-order valence-electron chi connectivity index (χ0n) is 9.41. The molecule has 3 heteroatoms. The van der Waals surface area contributed by atoms with Crippen LogP contribution in [0.15, 0.2) is 0 Å². The molecule has 0 aliphatic heterocycles. The Kier molecular flexibility index (Phi) is 4.00. The maximum Gasteiger partial charge on any atom is 0.0711 e. The van der Waals surface area contributed by atoms with Gasteiger partial charge in [-0.25, -0.2) is 0 Å². The van der Waals surface area contributed by atoms with Gasteiger partial charge >= 0.3 is 0 Å². The predicted octanol–water partition coefficient (Wildman–Crippen LogP) is 1.73. The lowest BCUT2D eigenvalue weighted by Crippen LogP contribution is -2.33. The van der Waals surface area contributed by atoms with Crippen LogP contribution in [0.3, 0.4) is 0 Å². The molecule has 88 valence electrons. The Morgan fingerprint density at radius 1 is 1.07 bits per heavy atom. The molecule has 15 heavy (non-hydrogen) atoms. The van der Waals surface area contributed by atoms with E-state index in [9.17, 15) is 0 Å². The van der Waals surface area contributed by atoms with Gasteiger partial charge in [-0.1, -0.05) is 12.8 Å². The van der Waals surface area contributed by atoms with Crippen LogP contribution in [0.25, 0.3) is 0 Å². The number of rotatable bonds is 7. The van der Waals surface area contributed by atoms with Crippen molar-refractivity contribution in [3.05, 3.63) is 0 Å². The normalized spacial score (nSPS) is 24.6. The molecule has 0 heterocycles. The molecule has 1 N–H and O–H groups in total. The second-order valence-electron chi connectivity index (χ2n) is 4.73. The number of ether oxygens (including phenoxy) is 2. The lowest BCUT2D eigenvalue weighted by atomic mass is 9.96. The molecular formula is C12H22O3. The Morgan fingerprint density at radius 2 is 1.80 bits per heavy atom. The minimum atomic E-state index is 0.105. The van der Waals surface area contributed by atoms with Crippen molar-refractivity contribution in [2.24, 2.45) is 5.92 Å². The second kappa shape index (κ2) is 5.28. The van der Waals surface area contributed by atoms with Crippen molar-refractivity contribution >= 4 is 0 Å². The van der Waals surface area contributed by atoms with E-state index in [0.717, 1.165) is 5.92 Å². The largest absolute Gasteiger partial charge is 0.394 e. The van der Waals surface area contributed by atoms with Gasteiger partial charge in [0.15, 0.2) is 0 Å². The third kappa shape index (κ3) is 2.92. The first-order valence-corrected chi connectivity index (χ1v) is 6.20. The molecule has 2 rings (SSSR count). The summed E-state index contributed by atoms with van der Waals surface area (Å²) >= 11 is 0. The van der Waals surface area contributed by atoms with E-state index in [-0.39, 0.29) is 12.2 Å². The molecular weight excluding hydrogens is 192 g/mol. The van der Waals surface area contributed by atoms with Crippen LogP contribution < -0.4 is 0 Å². The Balaban J connectivity index is 1.66. The van der Waals surface area contributed by atoms with Crippen molar-refractivity contribution in [2.75, 3.05) is 26.4 Å². The van der Waals surface area contributed by atoms with Crippen molar-refractivity contribution in [3.8, 4) is 0 Å². The zero-order chi connectivity index (χ0) is 10.6. The van der Waals surface area contributed by atoms with Crippen molar-refractivity contribution in [3.63, 3.8) is 0 Å². The highest BCUT2D eigenvalue weighted by Gasteiger charge is 2.47. The van der Waals surface area contributed by atoms with E-state index >= 15 is 0 Å². The number of hydrogen-bond acceptors (Lipinski definition) is 3. The van der Waals surface area contributed by atoms with Gasteiger partial charge in [0.2, 0.25) is 0 Å². The van der Waals surface area contributed by atoms with Gasteiger partial charge in [-0.3, -0.25) is 0 Å². The molecule has 0 aromatic rings. The van der Waals surface area contributed by atoms with Gasteiger partial charge in [0.1, 0.15) is 0 Å². The highest BCUT2D eigenvalue weighted by Crippen LogP contribution is 2.50. The highest BCUT2D eigenvalue weighted by molar-refractivity contribution is 4.99. The Labute approximate surface area is 91.8 Å². The monoisotopic (exact) mass is 214 g/mol. The van der Waals surface area contributed by atoms with Crippen molar-refractivity contribution < 1.29 is 14.6 Å². The third-order valence-electron chi connectivity index (χ3n) is 3.62. The molecule has 2 aliphatic carbocycles. The standard InChI is InChI=1S/C12H22O3/c13-7-8-14-9-10-15-12(11-3-4-11)5-1-2-6-12/h11,13H,1-10H2. The molecule has 3 nitrogen and oxygen atoms in total. The van der Waals surface area contributed by atoms with E-state index < -0.39 is 0 Å². The quantitative estimate of drug-likeness (QED) is 0.656. The van der Waals surface area contributed by atoms with Crippen LogP contribution in [-0.2, 0) is 9.47 Å². The highest BCUT2D eigenvalue weighted by atomic mass is 16.5. The summed E-state index contributed by atoms with van der Waals surface area (Å²) in [6, 6.07) is 0. The number of aliphatic hydroxyl groups is 1. The summed E-state index contributed by atoms with van der Waals surface area (Å²) in [5, 5.41) is 8.56. The average molecular weight is 214 g/mol. The lowest BCUT2D eigenvalue weighted by molar-refractivity contribution is -0.0792. The first-order valence-electron chi connectivity index (χ1n) is 6.20. The van der Waals surface area contributed by atoms with Crippen LogP contribution in [0.4, 0.5) is 0 Å². The summed E-state index contributed by atoms with van der Waals surface area (Å²) in [4.78, 5) is 0. The summed E-state index contributed by atoms with van der Waals surface area (Å²) in [6.07, 6.45) is 7.87. The van der Waals surface area contributed by atoms with Crippen LogP contribution in [0.5, 0.6) is 0 Å². The van der Waals surface area contributed by atoms with Gasteiger partial charge in [0.05, 0.1) is 32.0 Å². The maximum atomic E-state index is 8.56. The van der Waals surface area contributed by atoms with Crippen molar-refractivity contribution in [2.45, 2.75) is 44.1 Å². The molecule has 0 saturated heterocycles. The van der Waals surface area contributed by atoms with Gasteiger partial charge in [-0.2, -0.15) is 0 Å². The van der Waals surface area contributed by atoms with E-state index in [2.05, 4.69) is 0 Å². The smallest absolute Gasteiger partial charge is 0.0711 e. The molecule has 2 saturated carbocycles. The summed E-state index contributed by atoms with van der Waals surface area (Å²) in [7, 11) is 0. The molecule has 0 atom stereocenters. The van der Waals surface area contributed by atoms with Crippen molar-refractivity contribution in [1.82, 2.24) is 0 Å². The third-order valence-corrected chi connectivity index (χ3v) is 3.62. The van der Waals surface area contributed by atoms with Crippen LogP contribution in [0.1, 0.15) is 38.5 Å². The van der Waals surface area contributed by atoms with E-state index in [1.807, 2.05) is 0 Å². The molecule has 0 aromatic carbocycles. The minimum Gasteiger partial charge on any atom is -0.394 e. The fourth-order valence-electron chi connectivity index (χ4n) is 2.72. The van der Waals surface area contributed by atoms with Crippen LogP contribution in [-0.4, -0.2) is 37.1 Å². The van der Waals surface area contributed by atoms with E-state index in [1.165, 1.54) is 38.5 Å². The summed E-state index contributed by atoms with van der Waals surface area (Å²) in [6.45, 7) is 1.85. The Bertz CT molecular complexity index is 183. The zero-order valence-corrected chi connectivity index (χ0v) is 9.41. The topological polar surface area (TPSA) is 38.7 Å². The molecule has 0 amide bonds. The van der Waals surface area contributed by atoms with Gasteiger partial charge < -0.3 is 14.6 Å². The Hall–Kier alpha value is -0.120. The predicted molar refractivity (Wildman–Crippen MR) is 57.8 cm³/mol. The number of hydrogen-bond donors (Lipinski definition) is 1. The van der Waals surface area contributed by atoms with Gasteiger partial charge in [-0.15, -0.1) is 0 Å². The lowest BCUT2D eigenvalue weighted by Gasteiger charge is -2.29. The average Bonchev–Trinajstić information content (AvgIpc) is 3.00.